The highest BCUT2D eigenvalue weighted by molar-refractivity contribution is 7.96. The summed E-state index contributed by atoms with van der Waals surface area (Å²) in [7, 11) is 1.60. The van der Waals surface area contributed by atoms with Gasteiger partial charge in [0.2, 0.25) is 5.95 Å². The third kappa shape index (κ3) is 4.07. The first kappa shape index (κ1) is 19.2. The zero-order valence-electron chi connectivity index (χ0n) is 14.2. The molecule has 0 aliphatic carbocycles. The van der Waals surface area contributed by atoms with Crippen LogP contribution in [-0.2, 0) is 13.2 Å². The van der Waals surface area contributed by atoms with Gasteiger partial charge in [-0.05, 0) is 19.1 Å². The Balaban J connectivity index is 1.89. The number of hydrogen-bond donors (Lipinski definition) is 1. The number of halogens is 4. The van der Waals surface area contributed by atoms with Crippen molar-refractivity contribution in [3.63, 3.8) is 0 Å². The number of hydrogen-bond acceptors (Lipinski definition) is 6. The van der Waals surface area contributed by atoms with Crippen LogP contribution in [0.4, 0.5) is 19.1 Å². The van der Waals surface area contributed by atoms with Crippen molar-refractivity contribution < 1.29 is 13.2 Å². The van der Waals surface area contributed by atoms with Crippen molar-refractivity contribution in [3.05, 3.63) is 23.2 Å². The maximum atomic E-state index is 13.4. The summed E-state index contributed by atoms with van der Waals surface area (Å²) in [5, 5.41) is 3.23. The number of imidazole rings is 1. The number of nitrogens with one attached hydrogen (secondary N) is 1. The fraction of sp³-hybridized carbons (Fsp3) is 0.533. The predicted octanol–water partition coefficient (Wildman–Crippen LogP) is 3.70. The van der Waals surface area contributed by atoms with Gasteiger partial charge in [0.1, 0.15) is 22.1 Å². The third-order valence-electron chi connectivity index (χ3n) is 4.23. The molecule has 1 aliphatic rings. The van der Waals surface area contributed by atoms with Crippen LogP contribution in [-0.4, -0.2) is 49.2 Å². The van der Waals surface area contributed by atoms with E-state index in [2.05, 4.69) is 24.6 Å². The minimum Gasteiger partial charge on any atom is -0.351 e. The van der Waals surface area contributed by atoms with Crippen molar-refractivity contribution in [1.29, 1.82) is 0 Å². The molecule has 142 valence electrons. The molecule has 26 heavy (non-hydrogen) atoms. The van der Waals surface area contributed by atoms with Crippen LogP contribution in [0.15, 0.2) is 12.5 Å². The second-order valence-electron chi connectivity index (χ2n) is 5.98. The minimum atomic E-state index is -4.60. The highest BCUT2D eigenvalue weighted by Gasteiger charge is 2.37. The first-order chi connectivity index (χ1) is 12.3. The van der Waals surface area contributed by atoms with Crippen molar-refractivity contribution in [2.45, 2.75) is 25.1 Å². The number of aromatic nitrogens is 4. The van der Waals surface area contributed by atoms with E-state index in [9.17, 15) is 13.2 Å². The van der Waals surface area contributed by atoms with Crippen LogP contribution in [0.3, 0.4) is 0 Å². The van der Waals surface area contributed by atoms with Gasteiger partial charge < -0.3 is 9.88 Å². The molecule has 1 N–H and O–H groups in total. The Kier molecular flexibility index (Phi) is 5.64. The topological polar surface area (TPSA) is 58.9 Å². The van der Waals surface area contributed by atoms with Crippen LogP contribution in [0.2, 0.25) is 5.15 Å². The highest BCUT2D eigenvalue weighted by atomic mass is 35.5. The van der Waals surface area contributed by atoms with Crippen LogP contribution >= 0.6 is 23.5 Å². The standard InChI is InChI=1S/C15H18ClF3N6S/c1-24-8-21-12(13(24)16)11-10(15(17,18)19)7-20-14(23-11)22-9-3-5-25(26-2)6-4-9/h7-9H,3-6H2,1-2H3,(H,20,22,23). The van der Waals surface area contributed by atoms with Crippen LogP contribution in [0.5, 0.6) is 0 Å². The van der Waals surface area contributed by atoms with Gasteiger partial charge in [0.15, 0.2) is 0 Å². The number of rotatable bonds is 4. The molecule has 0 unspecified atom stereocenters. The zero-order chi connectivity index (χ0) is 18.9. The van der Waals surface area contributed by atoms with Crippen LogP contribution in [0.25, 0.3) is 11.4 Å². The molecule has 0 spiro atoms. The lowest BCUT2D eigenvalue weighted by Gasteiger charge is -2.30. The first-order valence-electron chi connectivity index (χ1n) is 7.96. The Morgan fingerprint density at radius 2 is 1.92 bits per heavy atom. The van der Waals surface area contributed by atoms with Crippen molar-refractivity contribution in [2.24, 2.45) is 7.05 Å². The van der Waals surface area contributed by atoms with Gasteiger partial charge in [0, 0.05) is 32.4 Å². The fourth-order valence-corrected chi connectivity index (χ4v) is 3.54. The summed E-state index contributed by atoms with van der Waals surface area (Å²) >= 11 is 7.77. The molecule has 1 aliphatic heterocycles. The van der Waals surface area contributed by atoms with E-state index in [1.807, 2.05) is 6.26 Å². The van der Waals surface area contributed by atoms with Gasteiger partial charge in [-0.1, -0.05) is 23.5 Å². The second kappa shape index (κ2) is 7.61. The Morgan fingerprint density at radius 1 is 1.23 bits per heavy atom. The van der Waals surface area contributed by atoms with E-state index in [1.54, 1.807) is 19.0 Å². The number of aryl methyl sites for hydroxylation is 1. The van der Waals surface area contributed by atoms with Crippen LogP contribution in [0, 0.1) is 0 Å². The van der Waals surface area contributed by atoms with E-state index in [0.717, 1.165) is 32.1 Å². The fourth-order valence-electron chi connectivity index (χ4n) is 2.78. The van der Waals surface area contributed by atoms with Gasteiger partial charge in [0.25, 0.3) is 0 Å². The van der Waals surface area contributed by atoms with Crippen LogP contribution < -0.4 is 5.32 Å². The summed E-state index contributed by atoms with van der Waals surface area (Å²) in [6.07, 6.45) is 1.29. The van der Waals surface area contributed by atoms with E-state index in [1.165, 1.54) is 10.9 Å². The summed E-state index contributed by atoms with van der Waals surface area (Å²) in [6.45, 7) is 1.80. The molecule has 3 heterocycles. The molecule has 0 radical (unpaired) electrons. The van der Waals surface area contributed by atoms with Gasteiger partial charge in [0.05, 0.1) is 6.33 Å². The molecule has 2 aromatic rings. The Hall–Kier alpha value is -1.52. The molecule has 3 rings (SSSR count). The third-order valence-corrected chi connectivity index (χ3v) is 5.56. The zero-order valence-corrected chi connectivity index (χ0v) is 15.8. The lowest BCUT2D eigenvalue weighted by atomic mass is 10.1. The van der Waals surface area contributed by atoms with Gasteiger partial charge >= 0.3 is 6.18 Å². The molecule has 0 bridgehead atoms. The first-order valence-corrected chi connectivity index (χ1v) is 9.52. The van der Waals surface area contributed by atoms with E-state index < -0.39 is 11.7 Å². The molecular weight excluding hydrogens is 389 g/mol. The SMILES string of the molecule is CSN1CCC(Nc2ncc(C(F)(F)F)c(-c3ncn(C)c3Cl)n2)CC1. The second-order valence-corrected chi connectivity index (χ2v) is 7.22. The van der Waals surface area contributed by atoms with Crippen molar-refractivity contribution in [2.75, 3.05) is 24.7 Å². The molecule has 0 amide bonds. The van der Waals surface area contributed by atoms with Gasteiger partial charge in [-0.15, -0.1) is 0 Å². The smallest absolute Gasteiger partial charge is 0.351 e. The van der Waals surface area contributed by atoms with Gasteiger partial charge in [-0.25, -0.2) is 15.0 Å². The van der Waals surface area contributed by atoms with E-state index in [4.69, 9.17) is 11.6 Å². The monoisotopic (exact) mass is 406 g/mol. The summed E-state index contributed by atoms with van der Waals surface area (Å²) < 4.78 is 43.8. The summed E-state index contributed by atoms with van der Waals surface area (Å²) in [4.78, 5) is 11.9. The number of nitrogens with zero attached hydrogens (tertiary/aromatic N) is 5. The maximum absolute atomic E-state index is 13.4. The average molecular weight is 407 g/mol. The molecular formula is C15H18ClF3N6S. The van der Waals surface area contributed by atoms with Crippen LogP contribution in [0.1, 0.15) is 18.4 Å². The van der Waals surface area contributed by atoms with Crippen molar-refractivity contribution in [3.8, 4) is 11.4 Å². The molecule has 6 nitrogen and oxygen atoms in total. The summed E-state index contributed by atoms with van der Waals surface area (Å²) in [6, 6.07) is 0.113. The summed E-state index contributed by atoms with van der Waals surface area (Å²) in [5.41, 5.74) is -1.29. The largest absolute Gasteiger partial charge is 0.420 e. The van der Waals surface area contributed by atoms with Crippen molar-refractivity contribution >= 4 is 29.5 Å². The normalized spacial score (nSPS) is 16.8. The quantitative estimate of drug-likeness (QED) is 0.781. The Morgan fingerprint density at radius 3 is 2.46 bits per heavy atom. The lowest BCUT2D eigenvalue weighted by Crippen LogP contribution is -2.35. The summed E-state index contributed by atoms with van der Waals surface area (Å²) in [5.74, 6) is 0.150. The minimum absolute atomic E-state index is 0.0101. The number of alkyl halides is 3. The molecule has 1 saturated heterocycles. The Labute approximate surface area is 158 Å². The molecule has 2 aromatic heterocycles. The number of anilines is 1. The average Bonchev–Trinajstić information content (AvgIpc) is 2.94. The van der Waals surface area contributed by atoms with Gasteiger partial charge in [-0.3, -0.25) is 4.31 Å². The van der Waals surface area contributed by atoms with E-state index >= 15 is 0 Å². The molecule has 0 saturated carbocycles. The van der Waals surface area contributed by atoms with E-state index in [-0.39, 0.29) is 28.5 Å². The molecule has 0 aromatic carbocycles. The number of piperidine rings is 1. The van der Waals surface area contributed by atoms with Crippen molar-refractivity contribution in [1.82, 2.24) is 23.8 Å². The molecule has 11 heteroatoms. The van der Waals surface area contributed by atoms with Gasteiger partial charge in [-0.2, -0.15) is 13.2 Å². The predicted molar refractivity (Wildman–Crippen MR) is 96.0 cm³/mol. The molecule has 1 fully saturated rings. The van der Waals surface area contributed by atoms with E-state index in [0.29, 0.717) is 0 Å². The highest BCUT2D eigenvalue weighted by Crippen LogP contribution is 2.37. The lowest BCUT2D eigenvalue weighted by molar-refractivity contribution is -0.137. The maximum Gasteiger partial charge on any atom is 0.420 e. The Bertz CT molecular complexity index is 773. The molecule has 0 atom stereocenters.